The van der Waals surface area contributed by atoms with Crippen molar-refractivity contribution in [3.8, 4) is 0 Å². The van der Waals surface area contributed by atoms with E-state index in [4.69, 9.17) is 9.47 Å². The summed E-state index contributed by atoms with van der Waals surface area (Å²) < 4.78 is 9.76. The van der Waals surface area contributed by atoms with Crippen molar-refractivity contribution in [1.29, 1.82) is 0 Å². The van der Waals surface area contributed by atoms with Crippen LogP contribution in [0, 0.1) is 16.0 Å². The van der Waals surface area contributed by atoms with E-state index in [-0.39, 0.29) is 25.4 Å². The molecule has 0 N–H and O–H groups in total. The van der Waals surface area contributed by atoms with Crippen molar-refractivity contribution in [2.24, 2.45) is 5.92 Å². The minimum absolute atomic E-state index is 0.0850. The number of rotatable bonds is 10. The molecule has 0 heterocycles. The molecule has 0 aliphatic rings. The summed E-state index contributed by atoms with van der Waals surface area (Å²) in [5, 5.41) is 11.0. The zero-order chi connectivity index (χ0) is 16.5. The number of hydrogen-bond donors (Lipinski definition) is 0. The molecule has 21 heavy (non-hydrogen) atoms. The fourth-order valence-corrected chi connectivity index (χ4v) is 1.97. The first-order valence-electron chi connectivity index (χ1n) is 7.21. The highest BCUT2D eigenvalue weighted by Gasteiger charge is 2.37. The molecule has 0 radical (unpaired) electrons. The predicted molar refractivity (Wildman–Crippen MR) is 76.3 cm³/mol. The number of nitro groups is 1. The van der Waals surface area contributed by atoms with Crippen molar-refractivity contribution in [2.75, 3.05) is 13.2 Å². The number of hydrogen-bond acceptors (Lipinski definition) is 6. The molecule has 1 atom stereocenters. The molecular formula is C14H25NO6. The molecule has 0 aliphatic heterocycles. The van der Waals surface area contributed by atoms with Crippen molar-refractivity contribution in [2.45, 2.75) is 58.9 Å². The van der Waals surface area contributed by atoms with Crippen molar-refractivity contribution in [1.82, 2.24) is 0 Å². The van der Waals surface area contributed by atoms with Crippen molar-refractivity contribution in [3.63, 3.8) is 0 Å². The van der Waals surface area contributed by atoms with Crippen LogP contribution >= 0.6 is 0 Å². The third-order valence-electron chi connectivity index (χ3n) is 3.10. The third kappa shape index (κ3) is 7.63. The Bertz CT molecular complexity index is 366. The van der Waals surface area contributed by atoms with Gasteiger partial charge >= 0.3 is 11.9 Å². The van der Waals surface area contributed by atoms with E-state index in [1.165, 1.54) is 13.8 Å². The van der Waals surface area contributed by atoms with Crippen LogP contribution in [0.15, 0.2) is 0 Å². The maximum atomic E-state index is 11.9. The van der Waals surface area contributed by atoms with Crippen LogP contribution in [-0.2, 0) is 19.1 Å². The van der Waals surface area contributed by atoms with Crippen molar-refractivity contribution >= 4 is 11.9 Å². The zero-order valence-electron chi connectivity index (χ0n) is 13.2. The summed E-state index contributed by atoms with van der Waals surface area (Å²) in [6.45, 7) is 6.90. The highest BCUT2D eigenvalue weighted by molar-refractivity contribution is 5.73. The fourth-order valence-electron chi connectivity index (χ4n) is 1.97. The van der Waals surface area contributed by atoms with Crippen LogP contribution in [0.25, 0.3) is 0 Å². The highest BCUT2D eigenvalue weighted by Crippen LogP contribution is 2.25. The van der Waals surface area contributed by atoms with Gasteiger partial charge in [-0.25, -0.2) is 0 Å². The van der Waals surface area contributed by atoms with Crippen molar-refractivity contribution < 1.29 is 24.0 Å². The van der Waals surface area contributed by atoms with Gasteiger partial charge in [0, 0.05) is 31.6 Å². The Hall–Kier alpha value is -1.66. The van der Waals surface area contributed by atoms with E-state index in [1.54, 1.807) is 13.8 Å². The number of ether oxygens (including phenoxy) is 2. The fraction of sp³-hybridized carbons (Fsp3) is 0.857. The van der Waals surface area contributed by atoms with Gasteiger partial charge in [-0.2, -0.15) is 0 Å². The Kier molecular flexibility index (Phi) is 8.57. The van der Waals surface area contributed by atoms with E-state index in [2.05, 4.69) is 0 Å². The first-order chi connectivity index (χ1) is 9.74. The molecule has 122 valence electrons. The number of nitrogens with zero attached hydrogens (tertiary/aromatic N) is 1. The standard InChI is InChI=1S/C14H25NO6/c1-5-20-12(16)9-7-8-11(13(17)21-6-2)10-14(3,4)15(18)19/h11H,5-10H2,1-4H3. The molecule has 0 aromatic carbocycles. The van der Waals surface area contributed by atoms with Gasteiger partial charge in [-0.3, -0.25) is 19.7 Å². The Balaban J connectivity index is 4.57. The maximum Gasteiger partial charge on any atom is 0.309 e. The van der Waals surface area contributed by atoms with E-state index < -0.39 is 22.3 Å². The lowest BCUT2D eigenvalue weighted by atomic mass is 9.87. The van der Waals surface area contributed by atoms with Crippen LogP contribution < -0.4 is 0 Å². The van der Waals surface area contributed by atoms with Gasteiger partial charge in [-0.05, 0) is 26.7 Å². The molecule has 0 fully saturated rings. The lowest BCUT2D eigenvalue weighted by Gasteiger charge is -2.21. The van der Waals surface area contributed by atoms with E-state index in [0.717, 1.165) is 0 Å². The summed E-state index contributed by atoms with van der Waals surface area (Å²) >= 11 is 0. The summed E-state index contributed by atoms with van der Waals surface area (Å²) in [7, 11) is 0. The highest BCUT2D eigenvalue weighted by atomic mass is 16.6. The summed E-state index contributed by atoms with van der Waals surface area (Å²) in [4.78, 5) is 33.7. The first-order valence-corrected chi connectivity index (χ1v) is 7.21. The summed E-state index contributed by atoms with van der Waals surface area (Å²) in [6.07, 6.45) is 1.09. The maximum absolute atomic E-state index is 11.9. The molecule has 0 amide bonds. The monoisotopic (exact) mass is 303 g/mol. The quantitative estimate of drug-likeness (QED) is 0.349. The van der Waals surface area contributed by atoms with Crippen molar-refractivity contribution in [3.05, 3.63) is 10.1 Å². The van der Waals surface area contributed by atoms with Crippen LogP contribution in [0.1, 0.15) is 53.4 Å². The number of carbonyl (C=O) groups is 2. The van der Waals surface area contributed by atoms with Crippen LogP contribution in [0.2, 0.25) is 0 Å². The lowest BCUT2D eigenvalue weighted by molar-refractivity contribution is -0.562. The van der Waals surface area contributed by atoms with Crippen LogP contribution in [-0.4, -0.2) is 35.6 Å². The van der Waals surface area contributed by atoms with Gasteiger partial charge in [0.1, 0.15) is 0 Å². The van der Waals surface area contributed by atoms with Gasteiger partial charge in [0.2, 0.25) is 5.54 Å². The second-order valence-electron chi connectivity index (χ2n) is 5.42. The van der Waals surface area contributed by atoms with Crippen LogP contribution in [0.3, 0.4) is 0 Å². The first kappa shape index (κ1) is 19.3. The Labute approximate surface area is 125 Å². The molecule has 0 spiro atoms. The molecule has 0 rings (SSSR count). The van der Waals surface area contributed by atoms with Crippen LogP contribution in [0.4, 0.5) is 0 Å². The SMILES string of the molecule is CCOC(=O)CCCC(CC(C)(C)[N+](=O)[O-])C(=O)OCC. The molecule has 0 aromatic heterocycles. The summed E-state index contributed by atoms with van der Waals surface area (Å²) in [6, 6.07) is 0. The molecule has 0 saturated heterocycles. The molecule has 1 unspecified atom stereocenters. The molecule has 0 bridgehead atoms. The molecular weight excluding hydrogens is 278 g/mol. The van der Waals surface area contributed by atoms with E-state index >= 15 is 0 Å². The molecule has 7 nitrogen and oxygen atoms in total. The largest absolute Gasteiger partial charge is 0.466 e. The van der Waals surface area contributed by atoms with E-state index in [0.29, 0.717) is 19.4 Å². The Morgan fingerprint density at radius 1 is 1.19 bits per heavy atom. The normalized spacial score (nSPS) is 12.6. The minimum Gasteiger partial charge on any atom is -0.466 e. The molecule has 0 saturated carbocycles. The van der Waals surface area contributed by atoms with E-state index in [9.17, 15) is 19.7 Å². The Morgan fingerprint density at radius 3 is 2.24 bits per heavy atom. The Morgan fingerprint density at radius 2 is 1.76 bits per heavy atom. The second-order valence-corrected chi connectivity index (χ2v) is 5.42. The lowest BCUT2D eigenvalue weighted by Crippen LogP contribution is -2.36. The molecule has 0 aliphatic carbocycles. The predicted octanol–water partition coefficient (Wildman–Crippen LogP) is 2.34. The number of carbonyl (C=O) groups excluding carboxylic acids is 2. The molecule has 0 aromatic rings. The van der Waals surface area contributed by atoms with Gasteiger partial charge in [0.05, 0.1) is 19.1 Å². The second kappa shape index (κ2) is 9.31. The van der Waals surface area contributed by atoms with Crippen LogP contribution in [0.5, 0.6) is 0 Å². The van der Waals surface area contributed by atoms with Gasteiger partial charge in [-0.15, -0.1) is 0 Å². The minimum atomic E-state index is -1.21. The smallest absolute Gasteiger partial charge is 0.309 e. The van der Waals surface area contributed by atoms with Gasteiger partial charge in [-0.1, -0.05) is 0 Å². The summed E-state index contributed by atoms with van der Waals surface area (Å²) in [5.74, 6) is -1.36. The zero-order valence-corrected chi connectivity index (χ0v) is 13.2. The number of esters is 2. The third-order valence-corrected chi connectivity index (χ3v) is 3.10. The topological polar surface area (TPSA) is 95.7 Å². The molecule has 7 heteroatoms. The van der Waals surface area contributed by atoms with Gasteiger partial charge in [0.15, 0.2) is 0 Å². The average Bonchev–Trinajstić information content (AvgIpc) is 2.37. The van der Waals surface area contributed by atoms with Gasteiger partial charge < -0.3 is 9.47 Å². The average molecular weight is 303 g/mol. The van der Waals surface area contributed by atoms with E-state index in [1.807, 2.05) is 0 Å². The summed E-state index contributed by atoms with van der Waals surface area (Å²) in [5.41, 5.74) is -1.21. The van der Waals surface area contributed by atoms with Gasteiger partial charge in [0.25, 0.3) is 0 Å².